The lowest BCUT2D eigenvalue weighted by atomic mass is 9.78. The molecule has 0 aromatic heterocycles. The van der Waals surface area contributed by atoms with Crippen LogP contribution >= 0.6 is 12.4 Å². The zero-order valence-corrected chi connectivity index (χ0v) is 13.2. The Morgan fingerprint density at radius 3 is 2.58 bits per heavy atom. The van der Waals surface area contributed by atoms with Crippen molar-refractivity contribution in [1.29, 1.82) is 0 Å². The van der Waals surface area contributed by atoms with Crippen molar-refractivity contribution in [2.45, 2.75) is 52.4 Å². The quantitative estimate of drug-likeness (QED) is 0.817. The van der Waals surface area contributed by atoms with Gasteiger partial charge in [0.15, 0.2) is 0 Å². The van der Waals surface area contributed by atoms with E-state index in [0.29, 0.717) is 5.41 Å². The molecule has 3 nitrogen and oxygen atoms in total. The van der Waals surface area contributed by atoms with E-state index in [2.05, 4.69) is 24.5 Å². The lowest BCUT2D eigenvalue weighted by Gasteiger charge is -2.31. The number of hydrogen-bond donors (Lipinski definition) is 2. The van der Waals surface area contributed by atoms with Crippen LogP contribution < -0.4 is 10.6 Å². The van der Waals surface area contributed by atoms with Gasteiger partial charge in [-0.25, -0.2) is 0 Å². The van der Waals surface area contributed by atoms with Gasteiger partial charge >= 0.3 is 0 Å². The van der Waals surface area contributed by atoms with E-state index in [1.54, 1.807) is 0 Å². The second-order valence-corrected chi connectivity index (χ2v) is 6.71. The maximum absolute atomic E-state index is 12.1. The second kappa shape index (κ2) is 7.49. The Kier molecular flexibility index (Phi) is 6.61. The molecule has 0 spiro atoms. The van der Waals surface area contributed by atoms with Crippen molar-refractivity contribution >= 4 is 18.3 Å². The number of nitrogens with one attached hydrogen (secondary N) is 2. The number of amides is 1. The molecule has 0 aromatic carbocycles. The Labute approximate surface area is 123 Å². The second-order valence-electron chi connectivity index (χ2n) is 6.71. The predicted octanol–water partition coefficient (Wildman–Crippen LogP) is 2.74. The maximum atomic E-state index is 12.1. The normalized spacial score (nSPS) is 25.3. The summed E-state index contributed by atoms with van der Waals surface area (Å²) in [5.74, 6) is 1.21. The van der Waals surface area contributed by atoms with Gasteiger partial charge in [0.2, 0.25) is 5.91 Å². The van der Waals surface area contributed by atoms with Crippen molar-refractivity contribution in [2.75, 3.05) is 19.6 Å². The van der Waals surface area contributed by atoms with Crippen LogP contribution in [0.5, 0.6) is 0 Å². The van der Waals surface area contributed by atoms with Gasteiger partial charge in [-0.1, -0.05) is 26.7 Å². The first-order valence-electron chi connectivity index (χ1n) is 7.60. The smallest absolute Gasteiger partial charge is 0.224 e. The van der Waals surface area contributed by atoms with Crippen LogP contribution in [0, 0.1) is 17.3 Å². The lowest BCUT2D eigenvalue weighted by Crippen LogP contribution is -2.40. The van der Waals surface area contributed by atoms with E-state index in [1.165, 1.54) is 32.1 Å². The Bertz CT molecular complexity index is 282. The van der Waals surface area contributed by atoms with E-state index >= 15 is 0 Å². The molecule has 112 valence electrons. The monoisotopic (exact) mass is 288 g/mol. The van der Waals surface area contributed by atoms with Gasteiger partial charge in [0, 0.05) is 13.1 Å². The lowest BCUT2D eigenvalue weighted by molar-refractivity contribution is -0.125. The summed E-state index contributed by atoms with van der Waals surface area (Å²) in [4.78, 5) is 12.1. The Morgan fingerprint density at radius 1 is 1.37 bits per heavy atom. The first kappa shape index (κ1) is 16.8. The molecular weight excluding hydrogens is 260 g/mol. The maximum Gasteiger partial charge on any atom is 0.224 e. The fourth-order valence-electron chi connectivity index (χ4n) is 3.74. The minimum atomic E-state index is 0. The molecule has 4 heteroatoms. The highest BCUT2D eigenvalue weighted by atomic mass is 35.5. The summed E-state index contributed by atoms with van der Waals surface area (Å²) in [5, 5.41) is 6.50. The average Bonchev–Trinajstić information content (AvgIpc) is 2.96. The first-order chi connectivity index (χ1) is 8.61. The molecule has 0 aromatic rings. The fraction of sp³-hybridized carbons (Fsp3) is 0.933. The third-order valence-electron chi connectivity index (χ3n) is 4.57. The van der Waals surface area contributed by atoms with Crippen LogP contribution in [0.4, 0.5) is 0 Å². The fourth-order valence-corrected chi connectivity index (χ4v) is 3.74. The molecule has 2 aliphatic rings. The molecule has 0 radical (unpaired) electrons. The zero-order valence-electron chi connectivity index (χ0n) is 12.3. The van der Waals surface area contributed by atoms with E-state index < -0.39 is 0 Å². The molecule has 1 atom stereocenters. The van der Waals surface area contributed by atoms with E-state index in [0.717, 1.165) is 32.0 Å². The molecule has 19 heavy (non-hydrogen) atoms. The molecule has 2 N–H and O–H groups in total. The van der Waals surface area contributed by atoms with Crippen molar-refractivity contribution in [1.82, 2.24) is 10.6 Å². The molecule has 2 fully saturated rings. The summed E-state index contributed by atoms with van der Waals surface area (Å²) in [7, 11) is 0. The van der Waals surface area contributed by atoms with Gasteiger partial charge in [0.05, 0.1) is 5.92 Å². The van der Waals surface area contributed by atoms with Crippen LogP contribution in [-0.2, 0) is 4.79 Å². The van der Waals surface area contributed by atoms with Crippen LogP contribution in [-0.4, -0.2) is 25.5 Å². The average molecular weight is 289 g/mol. The van der Waals surface area contributed by atoms with Crippen LogP contribution in [0.15, 0.2) is 0 Å². The molecule has 0 bridgehead atoms. The topological polar surface area (TPSA) is 41.1 Å². The van der Waals surface area contributed by atoms with E-state index in [9.17, 15) is 4.79 Å². The number of rotatable bonds is 5. The molecule has 1 aliphatic heterocycles. The highest BCUT2D eigenvalue weighted by molar-refractivity contribution is 5.85. The summed E-state index contributed by atoms with van der Waals surface area (Å²) in [6, 6.07) is 0. The molecule has 2 rings (SSSR count). The summed E-state index contributed by atoms with van der Waals surface area (Å²) in [6.45, 7) is 7.35. The SMILES string of the molecule is CC(C)CC1(CNC(=O)C2CCNC2)CCCC1.Cl. The Balaban J connectivity index is 0.00000180. The Morgan fingerprint density at radius 2 is 2.05 bits per heavy atom. The number of hydrogen-bond acceptors (Lipinski definition) is 2. The molecule has 1 saturated carbocycles. The Hall–Kier alpha value is -0.280. The number of halogens is 1. The minimum Gasteiger partial charge on any atom is -0.355 e. The highest BCUT2D eigenvalue weighted by Crippen LogP contribution is 2.42. The molecular formula is C15H29ClN2O. The predicted molar refractivity (Wildman–Crippen MR) is 81.6 cm³/mol. The van der Waals surface area contributed by atoms with Gasteiger partial charge < -0.3 is 10.6 Å². The third kappa shape index (κ3) is 4.64. The minimum absolute atomic E-state index is 0. The van der Waals surface area contributed by atoms with Gasteiger partial charge in [-0.05, 0) is 43.6 Å². The molecule has 1 unspecified atom stereocenters. The van der Waals surface area contributed by atoms with E-state index in [-0.39, 0.29) is 24.2 Å². The number of carbonyl (C=O) groups excluding carboxylic acids is 1. The standard InChI is InChI=1S/C15H28N2O.ClH/c1-12(2)9-15(6-3-4-7-15)11-17-14(18)13-5-8-16-10-13;/h12-13,16H,3-11H2,1-2H3,(H,17,18);1H. The van der Waals surface area contributed by atoms with Gasteiger partial charge in [0.25, 0.3) is 0 Å². The van der Waals surface area contributed by atoms with Crippen molar-refractivity contribution < 1.29 is 4.79 Å². The van der Waals surface area contributed by atoms with Gasteiger partial charge in [-0.3, -0.25) is 4.79 Å². The zero-order chi connectivity index (χ0) is 13.0. The summed E-state index contributed by atoms with van der Waals surface area (Å²) in [6.07, 6.45) is 7.54. The molecule has 1 heterocycles. The van der Waals surface area contributed by atoms with Crippen LogP contribution in [0.3, 0.4) is 0 Å². The van der Waals surface area contributed by atoms with E-state index in [4.69, 9.17) is 0 Å². The third-order valence-corrected chi connectivity index (χ3v) is 4.57. The molecule has 1 saturated heterocycles. The van der Waals surface area contributed by atoms with Crippen molar-refractivity contribution in [2.24, 2.45) is 17.3 Å². The molecule has 1 aliphatic carbocycles. The molecule has 1 amide bonds. The van der Waals surface area contributed by atoms with Gasteiger partial charge in [0.1, 0.15) is 0 Å². The van der Waals surface area contributed by atoms with Crippen LogP contribution in [0.1, 0.15) is 52.4 Å². The van der Waals surface area contributed by atoms with Crippen molar-refractivity contribution in [3.8, 4) is 0 Å². The van der Waals surface area contributed by atoms with Crippen LogP contribution in [0.25, 0.3) is 0 Å². The van der Waals surface area contributed by atoms with E-state index in [1.807, 2.05) is 0 Å². The van der Waals surface area contributed by atoms with Gasteiger partial charge in [-0.2, -0.15) is 0 Å². The largest absolute Gasteiger partial charge is 0.355 e. The van der Waals surface area contributed by atoms with Crippen LogP contribution in [0.2, 0.25) is 0 Å². The van der Waals surface area contributed by atoms with Gasteiger partial charge in [-0.15, -0.1) is 12.4 Å². The summed E-state index contributed by atoms with van der Waals surface area (Å²) < 4.78 is 0. The highest BCUT2D eigenvalue weighted by Gasteiger charge is 2.35. The first-order valence-corrected chi connectivity index (χ1v) is 7.60. The summed E-state index contributed by atoms with van der Waals surface area (Å²) in [5.41, 5.74) is 0.399. The van der Waals surface area contributed by atoms with Crippen molar-refractivity contribution in [3.05, 3.63) is 0 Å². The summed E-state index contributed by atoms with van der Waals surface area (Å²) >= 11 is 0. The number of carbonyl (C=O) groups is 1. The van der Waals surface area contributed by atoms with Crippen molar-refractivity contribution in [3.63, 3.8) is 0 Å².